The van der Waals surface area contributed by atoms with E-state index in [0.29, 0.717) is 13.2 Å². The Labute approximate surface area is 91.6 Å². The van der Waals surface area contributed by atoms with Crippen molar-refractivity contribution >= 4 is 5.91 Å². The van der Waals surface area contributed by atoms with Crippen LogP contribution in [-0.2, 0) is 14.3 Å². The van der Waals surface area contributed by atoms with Crippen LogP contribution in [0.1, 0.15) is 27.2 Å². The predicted molar refractivity (Wildman–Crippen MR) is 59.5 cm³/mol. The zero-order chi connectivity index (χ0) is 11.7. The molecule has 0 saturated carbocycles. The van der Waals surface area contributed by atoms with Gasteiger partial charge in [0.05, 0.1) is 18.5 Å². The van der Waals surface area contributed by atoms with E-state index in [1.165, 1.54) is 6.26 Å². The Morgan fingerprint density at radius 1 is 1.47 bits per heavy atom. The summed E-state index contributed by atoms with van der Waals surface area (Å²) >= 11 is 0. The van der Waals surface area contributed by atoms with Gasteiger partial charge in [-0.3, -0.25) is 4.79 Å². The van der Waals surface area contributed by atoms with Crippen molar-refractivity contribution in [3.8, 4) is 0 Å². The minimum absolute atomic E-state index is 0.0940. The van der Waals surface area contributed by atoms with Crippen LogP contribution in [0.2, 0.25) is 0 Å². The van der Waals surface area contributed by atoms with Crippen molar-refractivity contribution in [2.45, 2.75) is 32.8 Å². The van der Waals surface area contributed by atoms with Crippen LogP contribution in [0.4, 0.5) is 0 Å². The molecule has 0 aromatic heterocycles. The summed E-state index contributed by atoms with van der Waals surface area (Å²) in [5.41, 5.74) is -0.275. The van der Waals surface area contributed by atoms with Gasteiger partial charge in [0.15, 0.2) is 0 Å². The van der Waals surface area contributed by atoms with Crippen LogP contribution in [0.25, 0.3) is 0 Å². The number of carbonyl (C=O) groups is 1. The molecule has 88 valence electrons. The Kier molecular flexibility index (Phi) is 6.79. The average Bonchev–Trinajstić information content (AvgIpc) is 2.13. The van der Waals surface area contributed by atoms with E-state index in [-0.39, 0.29) is 18.1 Å². The minimum Gasteiger partial charge on any atom is -0.502 e. The highest BCUT2D eigenvalue weighted by Gasteiger charge is 2.12. The summed E-state index contributed by atoms with van der Waals surface area (Å²) in [6, 6.07) is 0. The zero-order valence-electron chi connectivity index (χ0n) is 9.84. The molecule has 0 atom stereocenters. The zero-order valence-corrected chi connectivity index (χ0v) is 9.84. The summed E-state index contributed by atoms with van der Waals surface area (Å²) < 4.78 is 10.2. The summed E-state index contributed by atoms with van der Waals surface area (Å²) in [6.07, 6.45) is 2.16. The van der Waals surface area contributed by atoms with E-state index in [9.17, 15) is 4.79 Å². The van der Waals surface area contributed by atoms with E-state index in [1.54, 1.807) is 0 Å². The van der Waals surface area contributed by atoms with Gasteiger partial charge in [0.25, 0.3) is 0 Å². The monoisotopic (exact) mass is 215 g/mol. The van der Waals surface area contributed by atoms with E-state index in [2.05, 4.69) is 11.9 Å². The molecular formula is C11H21NO3. The fourth-order valence-corrected chi connectivity index (χ4v) is 0.800. The van der Waals surface area contributed by atoms with Gasteiger partial charge in [-0.05, 0) is 27.2 Å². The van der Waals surface area contributed by atoms with E-state index >= 15 is 0 Å². The maximum atomic E-state index is 11.2. The normalized spacial score (nSPS) is 10.9. The molecule has 0 fully saturated rings. The molecule has 0 spiro atoms. The molecule has 15 heavy (non-hydrogen) atoms. The average molecular weight is 215 g/mol. The molecular weight excluding hydrogens is 194 g/mol. The number of rotatable bonds is 7. The first-order valence-electron chi connectivity index (χ1n) is 5.09. The lowest BCUT2D eigenvalue weighted by Gasteiger charge is -2.18. The molecule has 0 aliphatic carbocycles. The van der Waals surface area contributed by atoms with Crippen LogP contribution < -0.4 is 5.32 Å². The molecule has 1 N–H and O–H groups in total. The first-order valence-corrected chi connectivity index (χ1v) is 5.09. The lowest BCUT2D eigenvalue weighted by atomic mass is 10.2. The molecule has 4 nitrogen and oxygen atoms in total. The lowest BCUT2D eigenvalue weighted by molar-refractivity contribution is -0.130. The second-order valence-electron chi connectivity index (χ2n) is 4.14. The summed E-state index contributed by atoms with van der Waals surface area (Å²) in [5, 5.41) is 2.74. The van der Waals surface area contributed by atoms with E-state index < -0.39 is 0 Å². The van der Waals surface area contributed by atoms with Gasteiger partial charge >= 0.3 is 0 Å². The molecule has 1 amide bonds. The number of ether oxygens (including phenoxy) is 2. The standard InChI is InChI=1S/C11H21NO3/c1-5-14-8-6-7-12-10(13)9-15-11(2,3)4/h5H,1,6-9H2,2-4H3,(H,12,13). The first-order chi connectivity index (χ1) is 6.95. The Hall–Kier alpha value is -1.03. The molecule has 4 heteroatoms. The van der Waals surface area contributed by atoms with Crippen LogP contribution in [-0.4, -0.2) is 31.3 Å². The second kappa shape index (κ2) is 7.29. The van der Waals surface area contributed by atoms with Crippen molar-refractivity contribution in [1.29, 1.82) is 0 Å². The highest BCUT2D eigenvalue weighted by molar-refractivity contribution is 5.77. The van der Waals surface area contributed by atoms with Gasteiger partial charge in [-0.15, -0.1) is 0 Å². The SMILES string of the molecule is C=COCCCNC(=O)COC(C)(C)C. The van der Waals surface area contributed by atoms with Crippen molar-refractivity contribution in [3.63, 3.8) is 0 Å². The van der Waals surface area contributed by atoms with Crippen LogP contribution in [0.3, 0.4) is 0 Å². The molecule has 0 heterocycles. The van der Waals surface area contributed by atoms with Crippen LogP contribution in [0, 0.1) is 0 Å². The van der Waals surface area contributed by atoms with Crippen molar-refractivity contribution < 1.29 is 14.3 Å². The largest absolute Gasteiger partial charge is 0.502 e. The predicted octanol–water partition coefficient (Wildman–Crippen LogP) is 1.47. The van der Waals surface area contributed by atoms with Crippen LogP contribution in [0.15, 0.2) is 12.8 Å². The van der Waals surface area contributed by atoms with E-state index in [0.717, 1.165) is 6.42 Å². The Bertz CT molecular complexity index is 196. The van der Waals surface area contributed by atoms with Gasteiger partial charge < -0.3 is 14.8 Å². The van der Waals surface area contributed by atoms with Crippen molar-refractivity contribution in [3.05, 3.63) is 12.8 Å². The summed E-state index contributed by atoms with van der Waals surface area (Å²) in [6.45, 7) is 10.4. The minimum atomic E-state index is -0.275. The number of carbonyl (C=O) groups excluding carboxylic acids is 1. The molecule has 0 bridgehead atoms. The smallest absolute Gasteiger partial charge is 0.246 e. The maximum Gasteiger partial charge on any atom is 0.246 e. The summed E-state index contributed by atoms with van der Waals surface area (Å²) in [7, 11) is 0. The molecule has 0 rings (SSSR count). The lowest BCUT2D eigenvalue weighted by Crippen LogP contribution is -2.32. The Morgan fingerprint density at radius 3 is 2.67 bits per heavy atom. The fraction of sp³-hybridized carbons (Fsp3) is 0.727. The number of amides is 1. The third kappa shape index (κ3) is 10.9. The summed E-state index contributed by atoms with van der Waals surface area (Å²) in [4.78, 5) is 11.2. The number of nitrogens with one attached hydrogen (secondary N) is 1. The molecule has 0 aromatic rings. The number of hydrogen-bond donors (Lipinski definition) is 1. The fourth-order valence-electron chi connectivity index (χ4n) is 0.800. The molecule has 0 aromatic carbocycles. The van der Waals surface area contributed by atoms with Gasteiger partial charge in [-0.2, -0.15) is 0 Å². The molecule has 0 aliphatic rings. The van der Waals surface area contributed by atoms with Crippen molar-refractivity contribution in [2.75, 3.05) is 19.8 Å². The second-order valence-corrected chi connectivity index (χ2v) is 4.14. The van der Waals surface area contributed by atoms with E-state index in [1.807, 2.05) is 20.8 Å². The van der Waals surface area contributed by atoms with Gasteiger partial charge in [0, 0.05) is 6.54 Å². The maximum absolute atomic E-state index is 11.2. The van der Waals surface area contributed by atoms with Crippen LogP contribution >= 0.6 is 0 Å². The highest BCUT2D eigenvalue weighted by Crippen LogP contribution is 2.05. The van der Waals surface area contributed by atoms with Crippen molar-refractivity contribution in [2.24, 2.45) is 0 Å². The Balaban J connectivity index is 3.38. The van der Waals surface area contributed by atoms with Crippen molar-refractivity contribution in [1.82, 2.24) is 5.32 Å². The third-order valence-corrected chi connectivity index (χ3v) is 1.52. The molecule has 0 saturated heterocycles. The van der Waals surface area contributed by atoms with Gasteiger partial charge in [0.2, 0.25) is 5.91 Å². The highest BCUT2D eigenvalue weighted by atomic mass is 16.5. The number of hydrogen-bond acceptors (Lipinski definition) is 3. The third-order valence-electron chi connectivity index (χ3n) is 1.52. The molecule has 0 radical (unpaired) electrons. The Morgan fingerprint density at radius 2 is 2.13 bits per heavy atom. The van der Waals surface area contributed by atoms with Crippen LogP contribution in [0.5, 0.6) is 0 Å². The topological polar surface area (TPSA) is 47.6 Å². The van der Waals surface area contributed by atoms with Gasteiger partial charge in [0.1, 0.15) is 6.61 Å². The summed E-state index contributed by atoms with van der Waals surface area (Å²) in [5.74, 6) is -0.0940. The van der Waals surface area contributed by atoms with E-state index in [4.69, 9.17) is 9.47 Å². The first kappa shape index (κ1) is 14.0. The quantitative estimate of drug-likeness (QED) is 0.517. The molecule has 0 aliphatic heterocycles. The van der Waals surface area contributed by atoms with Gasteiger partial charge in [-0.1, -0.05) is 6.58 Å². The van der Waals surface area contributed by atoms with Gasteiger partial charge in [-0.25, -0.2) is 0 Å². The molecule has 0 unspecified atom stereocenters.